The van der Waals surface area contributed by atoms with Crippen LogP contribution in [-0.4, -0.2) is 11.4 Å². The van der Waals surface area contributed by atoms with E-state index in [9.17, 15) is 4.57 Å². The highest BCUT2D eigenvalue weighted by atomic mass is 31.1. The maximum Gasteiger partial charge on any atom is 0.322 e. The van der Waals surface area contributed by atoms with Crippen molar-refractivity contribution >= 4 is 8.25 Å². The van der Waals surface area contributed by atoms with Gasteiger partial charge >= 0.3 is 8.25 Å². The summed E-state index contributed by atoms with van der Waals surface area (Å²) in [4.78, 5) is 0. The molecule has 16 heavy (non-hydrogen) atoms. The lowest BCUT2D eigenvalue weighted by Crippen LogP contribution is -2.42. The molecular weight excluding hydrogens is 227 g/mol. The van der Waals surface area contributed by atoms with Crippen molar-refractivity contribution < 1.29 is 13.6 Å². The van der Waals surface area contributed by atoms with Crippen molar-refractivity contribution in [3.8, 4) is 0 Å². The highest BCUT2D eigenvalue weighted by Crippen LogP contribution is 2.37. The molecule has 0 fully saturated rings. The first-order chi connectivity index (χ1) is 7.34. The zero-order valence-electron chi connectivity index (χ0n) is 10.7. The van der Waals surface area contributed by atoms with Crippen LogP contribution in [0.25, 0.3) is 0 Å². The molecule has 0 aliphatic carbocycles. The van der Waals surface area contributed by atoms with E-state index < -0.39 is 19.7 Å². The lowest BCUT2D eigenvalue weighted by molar-refractivity contribution is 0.00898. The second-order valence-electron chi connectivity index (χ2n) is 4.00. The van der Waals surface area contributed by atoms with Gasteiger partial charge in [0.2, 0.25) is 0 Å². The minimum absolute atomic E-state index is 0.582. The second-order valence-corrected chi connectivity index (χ2v) is 4.91. The van der Waals surface area contributed by atoms with Crippen LogP contribution in [0.3, 0.4) is 0 Å². The van der Waals surface area contributed by atoms with Gasteiger partial charge < -0.3 is 11.5 Å². The Hall–Kier alpha value is 0.0700. The number of rotatable bonds is 8. The van der Waals surface area contributed by atoms with Crippen molar-refractivity contribution in [3.63, 3.8) is 0 Å². The normalized spacial score (nSPS) is 13.4. The highest BCUT2D eigenvalue weighted by molar-refractivity contribution is 7.33. The summed E-state index contributed by atoms with van der Waals surface area (Å²) in [7, 11) is -2.65. The molecule has 98 valence electrons. The summed E-state index contributed by atoms with van der Waals surface area (Å²) in [5.74, 6) is 0. The molecule has 0 radical (unpaired) electrons. The fourth-order valence-corrected chi connectivity index (χ4v) is 2.42. The lowest BCUT2D eigenvalue weighted by atomic mass is 10.1. The molecule has 4 N–H and O–H groups in total. The molecule has 0 aromatic rings. The van der Waals surface area contributed by atoms with E-state index >= 15 is 0 Å². The van der Waals surface area contributed by atoms with Crippen LogP contribution in [0.15, 0.2) is 0 Å². The lowest BCUT2D eigenvalue weighted by Gasteiger charge is -2.30. The van der Waals surface area contributed by atoms with Crippen LogP contribution in [0.4, 0.5) is 0 Å². The minimum atomic E-state index is -2.65. The average molecular weight is 252 g/mol. The molecule has 0 bridgehead atoms. The van der Waals surface area contributed by atoms with E-state index in [0.717, 1.165) is 0 Å². The van der Waals surface area contributed by atoms with Crippen LogP contribution < -0.4 is 11.5 Å². The van der Waals surface area contributed by atoms with Crippen molar-refractivity contribution in [1.29, 1.82) is 0 Å². The summed E-state index contributed by atoms with van der Waals surface area (Å²) in [6.45, 7) is 7.53. The van der Waals surface area contributed by atoms with Gasteiger partial charge in [-0.2, -0.15) is 0 Å². The van der Waals surface area contributed by atoms with Gasteiger partial charge in [-0.05, 0) is 25.7 Å². The molecule has 0 unspecified atom stereocenters. The van der Waals surface area contributed by atoms with Crippen LogP contribution in [0, 0.1) is 0 Å². The molecule has 0 atom stereocenters. The van der Waals surface area contributed by atoms with E-state index in [2.05, 4.69) is 0 Å². The molecule has 0 saturated heterocycles. The van der Waals surface area contributed by atoms with Crippen molar-refractivity contribution in [2.45, 2.75) is 64.8 Å². The summed E-state index contributed by atoms with van der Waals surface area (Å²) < 4.78 is 22.2. The zero-order valence-corrected chi connectivity index (χ0v) is 11.7. The van der Waals surface area contributed by atoms with Gasteiger partial charge in [0, 0.05) is 0 Å². The van der Waals surface area contributed by atoms with E-state index in [0.29, 0.717) is 25.7 Å². The van der Waals surface area contributed by atoms with Crippen LogP contribution in [0.1, 0.15) is 53.4 Å². The Kier molecular flexibility index (Phi) is 6.75. The van der Waals surface area contributed by atoms with E-state index in [1.807, 2.05) is 27.7 Å². The SMILES string of the molecule is CCC(N)(CC)O[PH](=O)OC(N)(CC)CC. The third-order valence-electron chi connectivity index (χ3n) is 2.97. The Morgan fingerprint density at radius 3 is 1.31 bits per heavy atom. The fourth-order valence-electron chi connectivity index (χ4n) is 1.14. The molecule has 5 nitrogen and oxygen atoms in total. The first-order valence-corrected chi connectivity index (χ1v) is 7.07. The van der Waals surface area contributed by atoms with Gasteiger partial charge in [0.15, 0.2) is 0 Å². The monoisotopic (exact) mass is 252 g/mol. The molecular formula is C10H25N2O3P. The largest absolute Gasteiger partial charge is 0.322 e. The van der Waals surface area contributed by atoms with Gasteiger partial charge in [0.1, 0.15) is 11.4 Å². The molecule has 0 heterocycles. The average Bonchev–Trinajstić information content (AvgIpc) is 2.28. The molecule has 0 aromatic carbocycles. The summed E-state index contributed by atoms with van der Waals surface area (Å²) >= 11 is 0. The van der Waals surface area contributed by atoms with E-state index in [-0.39, 0.29) is 0 Å². The summed E-state index contributed by atoms with van der Waals surface area (Å²) in [5.41, 5.74) is 10.0. The van der Waals surface area contributed by atoms with E-state index in [4.69, 9.17) is 20.5 Å². The molecule has 0 rings (SSSR count). The Morgan fingerprint density at radius 2 is 1.12 bits per heavy atom. The van der Waals surface area contributed by atoms with Gasteiger partial charge in [-0.15, -0.1) is 0 Å². The summed E-state index contributed by atoms with van der Waals surface area (Å²) in [5, 5.41) is 0. The van der Waals surface area contributed by atoms with Crippen LogP contribution in [0.2, 0.25) is 0 Å². The predicted octanol–water partition coefficient (Wildman–Crippen LogP) is 2.36. The summed E-state index contributed by atoms with van der Waals surface area (Å²) in [6.07, 6.45) is 2.33. The topological polar surface area (TPSA) is 87.6 Å². The molecule has 0 saturated carbocycles. The standard InChI is InChI=1S/C10H25N2O3P/c1-5-9(11,6-2)14-16(13)15-10(12,7-3)8-4/h16H,5-8,11-12H2,1-4H3. The Labute approximate surface area is 98.8 Å². The molecule has 0 aliphatic heterocycles. The molecule has 6 heteroatoms. The molecule has 0 amide bonds. The Morgan fingerprint density at radius 1 is 0.875 bits per heavy atom. The third-order valence-corrected chi connectivity index (χ3v) is 4.11. The van der Waals surface area contributed by atoms with Crippen molar-refractivity contribution in [2.24, 2.45) is 11.5 Å². The maximum atomic E-state index is 11.7. The van der Waals surface area contributed by atoms with Crippen LogP contribution >= 0.6 is 8.25 Å². The molecule has 0 aliphatic rings. The third kappa shape index (κ3) is 4.93. The van der Waals surface area contributed by atoms with Crippen molar-refractivity contribution in [3.05, 3.63) is 0 Å². The van der Waals surface area contributed by atoms with E-state index in [1.165, 1.54) is 0 Å². The van der Waals surface area contributed by atoms with Crippen molar-refractivity contribution in [1.82, 2.24) is 0 Å². The first kappa shape index (κ1) is 16.1. The highest BCUT2D eigenvalue weighted by Gasteiger charge is 2.29. The predicted molar refractivity (Wildman–Crippen MR) is 66.2 cm³/mol. The maximum absolute atomic E-state index is 11.7. The number of nitrogens with two attached hydrogens (primary N) is 2. The smallest absolute Gasteiger partial charge is 0.303 e. The van der Waals surface area contributed by atoms with E-state index in [1.54, 1.807) is 0 Å². The van der Waals surface area contributed by atoms with Crippen LogP contribution in [-0.2, 0) is 13.6 Å². The van der Waals surface area contributed by atoms with Gasteiger partial charge in [0.25, 0.3) is 0 Å². The minimum Gasteiger partial charge on any atom is -0.303 e. The van der Waals surface area contributed by atoms with Gasteiger partial charge in [0.05, 0.1) is 0 Å². The number of hydrogen-bond acceptors (Lipinski definition) is 5. The van der Waals surface area contributed by atoms with Gasteiger partial charge in [-0.1, -0.05) is 27.7 Å². The van der Waals surface area contributed by atoms with Gasteiger partial charge in [-0.25, -0.2) is 0 Å². The molecule has 0 spiro atoms. The zero-order chi connectivity index (χ0) is 12.8. The summed E-state index contributed by atoms with van der Waals surface area (Å²) in [6, 6.07) is 0. The Bertz CT molecular complexity index is 206. The van der Waals surface area contributed by atoms with Crippen molar-refractivity contribution in [2.75, 3.05) is 0 Å². The van der Waals surface area contributed by atoms with Gasteiger partial charge in [-0.3, -0.25) is 13.6 Å². The Balaban J connectivity index is 4.38. The first-order valence-electron chi connectivity index (χ1n) is 5.84. The fraction of sp³-hybridized carbons (Fsp3) is 1.00. The quantitative estimate of drug-likeness (QED) is 0.511. The molecule has 0 aromatic heterocycles. The number of hydrogen-bond donors (Lipinski definition) is 2. The second kappa shape index (κ2) is 6.72. The van der Waals surface area contributed by atoms with Crippen LogP contribution in [0.5, 0.6) is 0 Å².